The lowest BCUT2D eigenvalue weighted by Crippen LogP contribution is -2.52. The molecule has 3 nitrogen and oxygen atoms in total. The van der Waals surface area contributed by atoms with Crippen molar-refractivity contribution in [2.24, 2.45) is 0 Å². The standard InChI is InChI=1S/C14H19NO2/c1-2-12(11-7-4-3-5-8-11)14(13(16)17)9-6-10-15-14/h3-5,7-8,12,15H,2,6,9-10H2,1H3,(H,16,17)/t12?,14-/m1/s1. The first-order valence-corrected chi connectivity index (χ1v) is 6.24. The van der Waals surface area contributed by atoms with Gasteiger partial charge in [0.15, 0.2) is 0 Å². The van der Waals surface area contributed by atoms with Gasteiger partial charge in [0.05, 0.1) is 0 Å². The molecule has 0 amide bonds. The normalized spacial score (nSPS) is 25.7. The molecule has 0 radical (unpaired) electrons. The number of hydrogen-bond donors (Lipinski definition) is 2. The Morgan fingerprint density at radius 3 is 2.65 bits per heavy atom. The fraction of sp³-hybridized carbons (Fsp3) is 0.500. The summed E-state index contributed by atoms with van der Waals surface area (Å²) in [6.07, 6.45) is 2.49. The summed E-state index contributed by atoms with van der Waals surface area (Å²) in [4.78, 5) is 11.6. The van der Waals surface area contributed by atoms with Gasteiger partial charge in [0.2, 0.25) is 0 Å². The molecule has 1 aromatic rings. The van der Waals surface area contributed by atoms with E-state index >= 15 is 0 Å². The lowest BCUT2D eigenvalue weighted by atomic mass is 9.76. The number of carboxylic acids is 1. The Labute approximate surface area is 102 Å². The van der Waals surface area contributed by atoms with Crippen molar-refractivity contribution in [2.75, 3.05) is 6.54 Å². The molecule has 1 heterocycles. The highest BCUT2D eigenvalue weighted by Gasteiger charge is 2.47. The van der Waals surface area contributed by atoms with Gasteiger partial charge in [-0.3, -0.25) is 4.79 Å². The van der Waals surface area contributed by atoms with Crippen molar-refractivity contribution in [3.63, 3.8) is 0 Å². The molecule has 2 rings (SSSR count). The average molecular weight is 233 g/mol. The second-order valence-corrected chi connectivity index (χ2v) is 4.68. The third kappa shape index (κ3) is 2.07. The van der Waals surface area contributed by atoms with Gasteiger partial charge in [-0.15, -0.1) is 0 Å². The maximum atomic E-state index is 11.6. The molecule has 1 saturated heterocycles. The molecule has 0 spiro atoms. The average Bonchev–Trinajstić information content (AvgIpc) is 2.82. The van der Waals surface area contributed by atoms with Crippen LogP contribution in [0.5, 0.6) is 0 Å². The van der Waals surface area contributed by atoms with Gasteiger partial charge < -0.3 is 10.4 Å². The summed E-state index contributed by atoms with van der Waals surface area (Å²) in [5, 5.41) is 12.8. The minimum Gasteiger partial charge on any atom is -0.480 e. The van der Waals surface area contributed by atoms with Gasteiger partial charge in [-0.25, -0.2) is 0 Å². The molecule has 0 bridgehead atoms. The van der Waals surface area contributed by atoms with E-state index in [1.165, 1.54) is 0 Å². The monoisotopic (exact) mass is 233 g/mol. The van der Waals surface area contributed by atoms with Gasteiger partial charge in [0.1, 0.15) is 5.54 Å². The summed E-state index contributed by atoms with van der Waals surface area (Å²) in [6.45, 7) is 2.86. The summed E-state index contributed by atoms with van der Waals surface area (Å²) < 4.78 is 0. The minimum atomic E-state index is -0.768. The predicted octanol–water partition coefficient (Wildman–Crippen LogP) is 2.39. The van der Waals surface area contributed by atoms with E-state index in [4.69, 9.17) is 0 Å². The van der Waals surface area contributed by atoms with Crippen LogP contribution in [0, 0.1) is 0 Å². The maximum absolute atomic E-state index is 11.6. The van der Waals surface area contributed by atoms with Crippen molar-refractivity contribution in [2.45, 2.75) is 37.6 Å². The van der Waals surface area contributed by atoms with Crippen molar-refractivity contribution in [3.8, 4) is 0 Å². The summed E-state index contributed by atoms with van der Waals surface area (Å²) in [5.41, 5.74) is 0.350. The number of nitrogens with one attached hydrogen (secondary N) is 1. The molecule has 1 aromatic carbocycles. The molecule has 1 unspecified atom stereocenters. The van der Waals surface area contributed by atoms with Crippen molar-refractivity contribution in [3.05, 3.63) is 35.9 Å². The first-order valence-electron chi connectivity index (χ1n) is 6.24. The van der Waals surface area contributed by atoms with Crippen molar-refractivity contribution in [1.29, 1.82) is 0 Å². The first kappa shape index (κ1) is 12.1. The van der Waals surface area contributed by atoms with E-state index in [1.807, 2.05) is 30.3 Å². The summed E-state index contributed by atoms with van der Waals surface area (Å²) in [6, 6.07) is 9.97. The van der Waals surface area contributed by atoms with Gasteiger partial charge in [-0.1, -0.05) is 37.3 Å². The Morgan fingerprint density at radius 1 is 1.47 bits per heavy atom. The molecule has 2 atom stereocenters. The van der Waals surface area contributed by atoms with Gasteiger partial charge >= 0.3 is 5.97 Å². The quantitative estimate of drug-likeness (QED) is 0.839. The van der Waals surface area contributed by atoms with Gasteiger partial charge in [0, 0.05) is 5.92 Å². The highest BCUT2D eigenvalue weighted by atomic mass is 16.4. The lowest BCUT2D eigenvalue weighted by molar-refractivity contribution is -0.145. The van der Waals surface area contributed by atoms with Crippen LogP contribution in [0.25, 0.3) is 0 Å². The van der Waals surface area contributed by atoms with Crippen LogP contribution in [0.2, 0.25) is 0 Å². The van der Waals surface area contributed by atoms with Crippen LogP contribution in [0.4, 0.5) is 0 Å². The number of benzene rings is 1. The van der Waals surface area contributed by atoms with Gasteiger partial charge in [0.25, 0.3) is 0 Å². The molecular weight excluding hydrogens is 214 g/mol. The molecule has 3 heteroatoms. The van der Waals surface area contributed by atoms with E-state index in [0.717, 1.165) is 31.4 Å². The second-order valence-electron chi connectivity index (χ2n) is 4.68. The molecule has 1 aliphatic rings. The molecule has 2 N–H and O–H groups in total. The van der Waals surface area contributed by atoms with Crippen LogP contribution >= 0.6 is 0 Å². The highest BCUT2D eigenvalue weighted by molar-refractivity contribution is 5.81. The Hall–Kier alpha value is -1.35. The van der Waals surface area contributed by atoms with Crippen molar-refractivity contribution in [1.82, 2.24) is 5.32 Å². The largest absolute Gasteiger partial charge is 0.480 e. The Kier molecular flexibility index (Phi) is 3.48. The highest BCUT2D eigenvalue weighted by Crippen LogP contribution is 2.37. The van der Waals surface area contributed by atoms with Gasteiger partial charge in [-0.05, 0) is 31.4 Å². The third-order valence-corrected chi connectivity index (χ3v) is 3.78. The van der Waals surface area contributed by atoms with E-state index in [-0.39, 0.29) is 5.92 Å². The van der Waals surface area contributed by atoms with E-state index in [9.17, 15) is 9.90 Å². The Bertz CT molecular complexity index is 382. The fourth-order valence-electron chi connectivity index (χ4n) is 2.95. The molecule has 0 aliphatic carbocycles. The van der Waals surface area contributed by atoms with Crippen LogP contribution in [0.15, 0.2) is 30.3 Å². The van der Waals surface area contributed by atoms with Crippen LogP contribution in [0.3, 0.4) is 0 Å². The minimum absolute atomic E-state index is 0.0451. The second kappa shape index (κ2) is 4.88. The van der Waals surface area contributed by atoms with E-state index < -0.39 is 11.5 Å². The predicted molar refractivity (Wildman–Crippen MR) is 67.1 cm³/mol. The van der Waals surface area contributed by atoms with Crippen LogP contribution in [-0.2, 0) is 4.79 Å². The molecular formula is C14H19NO2. The SMILES string of the molecule is CCC(c1ccccc1)[C@@]1(C(=O)O)CCCN1. The van der Waals surface area contributed by atoms with E-state index in [1.54, 1.807) is 0 Å². The van der Waals surface area contributed by atoms with Crippen LogP contribution in [-0.4, -0.2) is 23.2 Å². The summed E-state index contributed by atoms with van der Waals surface area (Å²) in [5.74, 6) is -0.672. The van der Waals surface area contributed by atoms with E-state index in [2.05, 4.69) is 12.2 Å². The van der Waals surface area contributed by atoms with Crippen molar-refractivity contribution >= 4 is 5.97 Å². The number of carbonyl (C=O) groups is 1. The fourth-order valence-corrected chi connectivity index (χ4v) is 2.95. The third-order valence-electron chi connectivity index (χ3n) is 3.78. The zero-order valence-electron chi connectivity index (χ0n) is 10.1. The molecule has 1 aliphatic heterocycles. The van der Waals surface area contributed by atoms with Gasteiger partial charge in [-0.2, -0.15) is 0 Å². The Morgan fingerprint density at radius 2 is 2.18 bits per heavy atom. The maximum Gasteiger partial charge on any atom is 0.324 e. The molecule has 0 saturated carbocycles. The van der Waals surface area contributed by atoms with Crippen molar-refractivity contribution < 1.29 is 9.90 Å². The lowest BCUT2D eigenvalue weighted by Gasteiger charge is -2.33. The molecule has 1 fully saturated rings. The molecule has 17 heavy (non-hydrogen) atoms. The summed E-state index contributed by atoms with van der Waals surface area (Å²) in [7, 11) is 0. The zero-order valence-corrected chi connectivity index (χ0v) is 10.1. The van der Waals surface area contributed by atoms with E-state index in [0.29, 0.717) is 0 Å². The first-order chi connectivity index (χ1) is 8.20. The van der Waals surface area contributed by atoms with Crippen LogP contribution in [0.1, 0.15) is 37.7 Å². The molecule has 92 valence electrons. The number of carboxylic acid groups (broad SMARTS) is 1. The number of aliphatic carboxylic acids is 1. The number of rotatable bonds is 4. The Balaban J connectivity index is 2.37. The summed E-state index contributed by atoms with van der Waals surface area (Å²) >= 11 is 0. The smallest absolute Gasteiger partial charge is 0.324 e. The number of hydrogen-bond acceptors (Lipinski definition) is 2. The topological polar surface area (TPSA) is 49.3 Å². The zero-order chi connectivity index (χ0) is 12.3. The van der Waals surface area contributed by atoms with Crippen LogP contribution < -0.4 is 5.32 Å². The molecule has 0 aromatic heterocycles.